The zero-order chi connectivity index (χ0) is 13.4. The van der Waals surface area contributed by atoms with Gasteiger partial charge in [0.2, 0.25) is 0 Å². The lowest BCUT2D eigenvalue weighted by atomic mass is 9.97. The van der Waals surface area contributed by atoms with Crippen LogP contribution in [0.5, 0.6) is 0 Å². The van der Waals surface area contributed by atoms with Crippen LogP contribution in [-0.2, 0) is 23.8 Å². The highest BCUT2D eigenvalue weighted by Gasteiger charge is 2.28. The first-order chi connectivity index (χ1) is 8.65. The molecule has 1 aliphatic rings. The Hall–Kier alpha value is -1.14. The van der Waals surface area contributed by atoms with Gasteiger partial charge in [-0.1, -0.05) is 0 Å². The topological polar surface area (TPSA) is 82.1 Å². The molecule has 1 rings (SSSR count). The van der Waals surface area contributed by atoms with Crippen LogP contribution in [0.25, 0.3) is 0 Å². The molecule has 0 aliphatic carbocycles. The molecule has 1 fully saturated rings. The largest absolute Gasteiger partial charge is 0.479 e. The summed E-state index contributed by atoms with van der Waals surface area (Å²) >= 11 is 0. The van der Waals surface area contributed by atoms with Crippen molar-refractivity contribution in [3.05, 3.63) is 0 Å². The summed E-state index contributed by atoms with van der Waals surface area (Å²) in [5, 5.41) is 8.86. The summed E-state index contributed by atoms with van der Waals surface area (Å²) in [4.78, 5) is 22.2. The van der Waals surface area contributed by atoms with E-state index in [2.05, 4.69) is 4.74 Å². The van der Waals surface area contributed by atoms with Crippen LogP contribution in [0, 0.1) is 5.92 Å². The molecule has 6 nitrogen and oxygen atoms in total. The molecule has 104 valence electrons. The molecule has 18 heavy (non-hydrogen) atoms. The Bertz CT molecular complexity index is 272. The summed E-state index contributed by atoms with van der Waals surface area (Å²) in [7, 11) is 0. The Morgan fingerprint density at radius 2 is 2.06 bits per heavy atom. The third-order valence-electron chi connectivity index (χ3n) is 2.88. The molecule has 1 atom stereocenters. The van der Waals surface area contributed by atoms with Crippen LogP contribution < -0.4 is 0 Å². The molecular formula is C12H20O6. The average Bonchev–Trinajstić information content (AvgIpc) is 2.35. The van der Waals surface area contributed by atoms with E-state index < -0.39 is 18.0 Å². The first-order valence-corrected chi connectivity index (χ1v) is 6.24. The molecule has 0 aromatic heterocycles. The number of aliphatic carboxylic acids is 1. The van der Waals surface area contributed by atoms with Gasteiger partial charge in [0.15, 0.2) is 0 Å². The summed E-state index contributed by atoms with van der Waals surface area (Å²) in [6.45, 7) is 3.50. The lowest BCUT2D eigenvalue weighted by molar-refractivity contribution is -0.169. The van der Waals surface area contributed by atoms with Gasteiger partial charge in [0.05, 0.1) is 6.61 Å². The fourth-order valence-corrected chi connectivity index (χ4v) is 1.85. The van der Waals surface area contributed by atoms with Gasteiger partial charge in [-0.15, -0.1) is 0 Å². The van der Waals surface area contributed by atoms with Crippen LogP contribution in [0.15, 0.2) is 0 Å². The van der Waals surface area contributed by atoms with Gasteiger partial charge in [0.25, 0.3) is 6.10 Å². The molecule has 1 N–H and O–H groups in total. The molecule has 0 amide bonds. The van der Waals surface area contributed by atoms with E-state index in [1.807, 2.05) is 0 Å². The van der Waals surface area contributed by atoms with E-state index in [-0.39, 0.29) is 13.2 Å². The third kappa shape index (κ3) is 5.01. The van der Waals surface area contributed by atoms with E-state index in [0.29, 0.717) is 5.92 Å². The van der Waals surface area contributed by atoms with Gasteiger partial charge in [-0.05, 0) is 32.1 Å². The van der Waals surface area contributed by atoms with E-state index in [1.165, 1.54) is 0 Å². The summed E-state index contributed by atoms with van der Waals surface area (Å²) < 4.78 is 15.0. The van der Waals surface area contributed by atoms with Gasteiger partial charge in [-0.25, -0.2) is 9.59 Å². The summed E-state index contributed by atoms with van der Waals surface area (Å²) in [6.07, 6.45) is 1.15. The van der Waals surface area contributed by atoms with E-state index in [4.69, 9.17) is 14.6 Å². The number of ether oxygens (including phenoxy) is 3. The highest BCUT2D eigenvalue weighted by Crippen LogP contribution is 2.18. The van der Waals surface area contributed by atoms with Gasteiger partial charge in [0, 0.05) is 19.8 Å². The first-order valence-electron chi connectivity index (χ1n) is 6.24. The lowest BCUT2D eigenvalue weighted by Crippen LogP contribution is -2.35. The predicted octanol–water partition coefficient (Wildman–Crippen LogP) is 0.836. The molecule has 0 saturated carbocycles. The maximum absolute atomic E-state index is 11.3. The zero-order valence-corrected chi connectivity index (χ0v) is 10.6. The second-order valence-corrected chi connectivity index (χ2v) is 4.19. The molecule has 6 heteroatoms. The Balaban J connectivity index is 2.28. The number of carboxylic acid groups (broad SMARTS) is 1. The quantitative estimate of drug-likeness (QED) is 0.539. The van der Waals surface area contributed by atoms with Crippen molar-refractivity contribution >= 4 is 11.9 Å². The molecule has 1 heterocycles. The van der Waals surface area contributed by atoms with Crippen molar-refractivity contribution in [2.24, 2.45) is 5.92 Å². The minimum atomic E-state index is -1.51. The number of carbonyl (C=O) groups is 2. The van der Waals surface area contributed by atoms with E-state index in [1.54, 1.807) is 6.92 Å². The Kier molecular flexibility index (Phi) is 6.67. The number of carbonyl (C=O) groups excluding carboxylic acids is 1. The molecular weight excluding hydrogens is 240 g/mol. The standard InChI is InChI=1S/C12H20O6/c1-2-17-12(15)10(11(13)14)18-8-5-9-3-6-16-7-4-9/h9-10H,2-8H2,1H3,(H,13,14). The van der Waals surface area contributed by atoms with Crippen molar-refractivity contribution in [2.45, 2.75) is 32.3 Å². The second-order valence-electron chi connectivity index (χ2n) is 4.19. The van der Waals surface area contributed by atoms with Crippen LogP contribution in [0.2, 0.25) is 0 Å². The van der Waals surface area contributed by atoms with Crippen molar-refractivity contribution in [3.8, 4) is 0 Å². The number of esters is 1. The van der Waals surface area contributed by atoms with Crippen LogP contribution in [0.4, 0.5) is 0 Å². The minimum Gasteiger partial charge on any atom is -0.479 e. The fourth-order valence-electron chi connectivity index (χ4n) is 1.85. The monoisotopic (exact) mass is 260 g/mol. The SMILES string of the molecule is CCOC(=O)C(OCCC1CCOCC1)C(=O)O. The second kappa shape index (κ2) is 8.05. The maximum Gasteiger partial charge on any atom is 0.347 e. The summed E-state index contributed by atoms with van der Waals surface area (Å²) in [6, 6.07) is 0. The number of hydrogen-bond donors (Lipinski definition) is 1. The minimum absolute atomic E-state index is 0.145. The average molecular weight is 260 g/mol. The molecule has 0 radical (unpaired) electrons. The van der Waals surface area contributed by atoms with E-state index in [9.17, 15) is 9.59 Å². The van der Waals surface area contributed by atoms with Gasteiger partial charge in [-0.2, -0.15) is 0 Å². The van der Waals surface area contributed by atoms with Crippen LogP contribution in [0.1, 0.15) is 26.2 Å². The van der Waals surface area contributed by atoms with Crippen molar-refractivity contribution in [2.75, 3.05) is 26.4 Å². The molecule has 0 aromatic rings. The Labute approximate surface area is 106 Å². The van der Waals surface area contributed by atoms with Gasteiger partial charge in [-0.3, -0.25) is 0 Å². The van der Waals surface area contributed by atoms with Crippen LogP contribution >= 0.6 is 0 Å². The van der Waals surface area contributed by atoms with Crippen LogP contribution in [0.3, 0.4) is 0 Å². The molecule has 0 aromatic carbocycles. The Morgan fingerprint density at radius 3 is 2.61 bits per heavy atom. The van der Waals surface area contributed by atoms with Crippen molar-refractivity contribution in [3.63, 3.8) is 0 Å². The molecule has 0 spiro atoms. The number of hydrogen-bond acceptors (Lipinski definition) is 5. The molecule has 1 aliphatic heterocycles. The molecule has 1 unspecified atom stereocenters. The maximum atomic E-state index is 11.3. The predicted molar refractivity (Wildman–Crippen MR) is 62.2 cm³/mol. The van der Waals surface area contributed by atoms with Gasteiger partial charge < -0.3 is 19.3 Å². The van der Waals surface area contributed by atoms with Crippen molar-refractivity contribution in [1.29, 1.82) is 0 Å². The highest BCUT2D eigenvalue weighted by molar-refractivity contribution is 5.97. The van der Waals surface area contributed by atoms with Crippen molar-refractivity contribution < 1.29 is 28.9 Å². The molecule has 1 saturated heterocycles. The smallest absolute Gasteiger partial charge is 0.347 e. The van der Waals surface area contributed by atoms with E-state index >= 15 is 0 Å². The lowest BCUT2D eigenvalue weighted by Gasteiger charge is -2.22. The van der Waals surface area contributed by atoms with Crippen LogP contribution in [-0.4, -0.2) is 49.6 Å². The normalized spacial score (nSPS) is 18.3. The first kappa shape index (κ1) is 14.9. The fraction of sp³-hybridized carbons (Fsp3) is 0.833. The van der Waals surface area contributed by atoms with Gasteiger partial charge >= 0.3 is 11.9 Å². The molecule has 0 bridgehead atoms. The van der Waals surface area contributed by atoms with Gasteiger partial charge in [0.1, 0.15) is 0 Å². The Morgan fingerprint density at radius 1 is 1.39 bits per heavy atom. The third-order valence-corrected chi connectivity index (χ3v) is 2.88. The number of rotatable bonds is 7. The van der Waals surface area contributed by atoms with E-state index in [0.717, 1.165) is 32.5 Å². The summed E-state index contributed by atoms with van der Waals surface area (Å²) in [5.74, 6) is -1.66. The number of carboxylic acids is 1. The zero-order valence-electron chi connectivity index (χ0n) is 10.6. The summed E-state index contributed by atoms with van der Waals surface area (Å²) in [5.41, 5.74) is 0. The highest BCUT2D eigenvalue weighted by atomic mass is 16.6. The van der Waals surface area contributed by atoms with Crippen molar-refractivity contribution in [1.82, 2.24) is 0 Å².